The largest absolute Gasteiger partial charge is 0.252 e. The molecule has 1 aliphatic rings. The van der Waals surface area contributed by atoms with E-state index in [2.05, 4.69) is 46.5 Å². The maximum absolute atomic E-state index is 4.60. The van der Waals surface area contributed by atoms with Crippen molar-refractivity contribution in [2.75, 3.05) is 0 Å². The third-order valence-corrected chi connectivity index (χ3v) is 4.94. The Morgan fingerprint density at radius 1 is 1.14 bits per heavy atom. The molecule has 0 bridgehead atoms. The molecule has 2 nitrogen and oxygen atoms in total. The highest BCUT2D eigenvalue weighted by molar-refractivity contribution is 7.13. The Balaban J connectivity index is 1.86. The lowest BCUT2D eigenvalue weighted by Gasteiger charge is -2.25. The Kier molecular flexibility index (Phi) is 3.28. The van der Waals surface area contributed by atoms with Crippen LogP contribution in [0.1, 0.15) is 30.9 Å². The maximum atomic E-state index is 4.60. The second kappa shape index (κ2) is 5.41. The molecule has 3 aromatic rings. The minimum Gasteiger partial charge on any atom is -0.252 e. The van der Waals surface area contributed by atoms with Crippen LogP contribution in [-0.4, -0.2) is 9.97 Å². The van der Waals surface area contributed by atoms with Crippen molar-refractivity contribution in [3.05, 3.63) is 60.0 Å². The summed E-state index contributed by atoms with van der Waals surface area (Å²) in [4.78, 5) is 9.91. The molecule has 1 aliphatic carbocycles. The molecule has 1 fully saturated rings. The van der Waals surface area contributed by atoms with E-state index in [1.54, 1.807) is 11.3 Å². The molecule has 21 heavy (non-hydrogen) atoms. The summed E-state index contributed by atoms with van der Waals surface area (Å²) in [5, 5.41) is 0. The van der Waals surface area contributed by atoms with E-state index < -0.39 is 0 Å². The fourth-order valence-electron chi connectivity index (χ4n) is 2.72. The van der Waals surface area contributed by atoms with Crippen molar-refractivity contribution in [3.63, 3.8) is 0 Å². The van der Waals surface area contributed by atoms with Gasteiger partial charge in [0.15, 0.2) is 0 Å². The SMILES string of the molecule is [c]1nc(C2CCC2)cc(-c2ccccc2)c1-c1cncs1. The molecule has 103 valence electrons. The van der Waals surface area contributed by atoms with Gasteiger partial charge in [0.1, 0.15) is 0 Å². The Morgan fingerprint density at radius 3 is 2.67 bits per heavy atom. The summed E-state index contributed by atoms with van der Waals surface area (Å²) in [6, 6.07) is 12.8. The highest BCUT2D eigenvalue weighted by Gasteiger charge is 2.22. The van der Waals surface area contributed by atoms with E-state index in [1.165, 1.54) is 36.1 Å². The van der Waals surface area contributed by atoms with Crippen LogP contribution >= 0.6 is 11.3 Å². The fourth-order valence-corrected chi connectivity index (χ4v) is 3.35. The molecule has 0 atom stereocenters. The zero-order valence-electron chi connectivity index (χ0n) is 11.6. The lowest BCUT2D eigenvalue weighted by molar-refractivity contribution is 0.411. The molecule has 3 heteroatoms. The number of aromatic nitrogens is 2. The van der Waals surface area contributed by atoms with Crippen LogP contribution < -0.4 is 0 Å². The van der Waals surface area contributed by atoms with E-state index in [-0.39, 0.29) is 0 Å². The molecule has 0 unspecified atom stereocenters. The lowest BCUT2D eigenvalue weighted by atomic mass is 9.81. The molecular formula is C18H15N2S. The zero-order chi connectivity index (χ0) is 14.1. The Morgan fingerprint density at radius 2 is 2.00 bits per heavy atom. The van der Waals surface area contributed by atoms with Crippen LogP contribution in [0.4, 0.5) is 0 Å². The Hall–Kier alpha value is -2.00. The third-order valence-electron chi connectivity index (χ3n) is 4.15. The number of hydrogen-bond acceptors (Lipinski definition) is 3. The number of benzene rings is 1. The molecule has 0 N–H and O–H groups in total. The number of thiazole rings is 1. The predicted molar refractivity (Wildman–Crippen MR) is 86.2 cm³/mol. The predicted octanol–water partition coefficient (Wildman–Crippen LogP) is 4.94. The first-order chi connectivity index (χ1) is 10.4. The molecule has 0 amide bonds. The van der Waals surface area contributed by atoms with E-state index in [1.807, 2.05) is 17.8 Å². The monoisotopic (exact) mass is 291 g/mol. The summed E-state index contributed by atoms with van der Waals surface area (Å²) in [5.41, 5.74) is 6.55. The summed E-state index contributed by atoms with van der Waals surface area (Å²) in [7, 11) is 0. The lowest BCUT2D eigenvalue weighted by Crippen LogP contribution is -2.10. The van der Waals surface area contributed by atoms with Crippen LogP contribution in [0.15, 0.2) is 48.1 Å². The van der Waals surface area contributed by atoms with Gasteiger partial charge in [-0.25, -0.2) is 0 Å². The van der Waals surface area contributed by atoms with Crippen LogP contribution in [-0.2, 0) is 0 Å². The first kappa shape index (κ1) is 12.7. The number of hydrogen-bond donors (Lipinski definition) is 0. The molecular weight excluding hydrogens is 276 g/mol. The average Bonchev–Trinajstić information content (AvgIpc) is 3.00. The minimum atomic E-state index is 0.624. The van der Waals surface area contributed by atoms with Gasteiger partial charge < -0.3 is 0 Å². The highest BCUT2D eigenvalue weighted by atomic mass is 32.1. The van der Waals surface area contributed by atoms with Crippen LogP contribution in [0.3, 0.4) is 0 Å². The fraction of sp³-hybridized carbons (Fsp3) is 0.222. The van der Waals surface area contributed by atoms with Crippen LogP contribution in [0.2, 0.25) is 0 Å². The van der Waals surface area contributed by atoms with Crippen LogP contribution in [0.25, 0.3) is 21.6 Å². The third kappa shape index (κ3) is 2.38. The van der Waals surface area contributed by atoms with Crippen LogP contribution in [0, 0.1) is 6.20 Å². The standard InChI is InChI=1S/C18H15N2S/c1-2-5-13(6-3-1)15-9-17(14-7-4-8-14)20-10-16(15)18-11-19-12-21-18/h1-3,5-6,9,11-12,14H,4,7-8H2. The highest BCUT2D eigenvalue weighted by Crippen LogP contribution is 2.39. The quantitative estimate of drug-likeness (QED) is 0.683. The second-order valence-electron chi connectivity index (χ2n) is 5.44. The average molecular weight is 291 g/mol. The summed E-state index contributed by atoms with van der Waals surface area (Å²) >= 11 is 1.64. The number of pyridine rings is 1. The van der Waals surface area contributed by atoms with Crippen LogP contribution in [0.5, 0.6) is 0 Å². The van der Waals surface area contributed by atoms with Gasteiger partial charge in [0.25, 0.3) is 0 Å². The normalized spacial score (nSPS) is 14.9. The van der Waals surface area contributed by atoms with Gasteiger partial charge in [-0.05, 0) is 30.0 Å². The van der Waals surface area contributed by atoms with Crippen molar-refractivity contribution in [3.8, 4) is 21.6 Å². The number of rotatable bonds is 3. The van der Waals surface area contributed by atoms with Crippen molar-refractivity contribution < 1.29 is 0 Å². The van der Waals surface area contributed by atoms with Gasteiger partial charge in [-0.1, -0.05) is 36.8 Å². The molecule has 2 aromatic heterocycles. The maximum Gasteiger partial charge on any atom is 0.0989 e. The van der Waals surface area contributed by atoms with E-state index in [0.29, 0.717) is 5.92 Å². The topological polar surface area (TPSA) is 25.8 Å². The Bertz CT molecular complexity index is 731. The van der Waals surface area contributed by atoms with Gasteiger partial charge in [0.2, 0.25) is 0 Å². The molecule has 0 saturated heterocycles. The van der Waals surface area contributed by atoms with Gasteiger partial charge >= 0.3 is 0 Å². The molecule has 0 spiro atoms. The van der Waals surface area contributed by atoms with E-state index in [4.69, 9.17) is 0 Å². The molecule has 4 rings (SSSR count). The zero-order valence-corrected chi connectivity index (χ0v) is 12.4. The van der Waals surface area contributed by atoms with E-state index in [9.17, 15) is 0 Å². The summed E-state index contributed by atoms with van der Waals surface area (Å²) in [6.07, 6.45) is 9.01. The van der Waals surface area contributed by atoms with Gasteiger partial charge in [-0.15, -0.1) is 11.3 Å². The van der Waals surface area contributed by atoms with Crippen molar-refractivity contribution in [1.82, 2.24) is 9.97 Å². The minimum absolute atomic E-state index is 0.624. The van der Waals surface area contributed by atoms with Crippen molar-refractivity contribution in [2.45, 2.75) is 25.2 Å². The van der Waals surface area contributed by atoms with Crippen molar-refractivity contribution in [2.24, 2.45) is 0 Å². The van der Waals surface area contributed by atoms with Crippen molar-refractivity contribution in [1.29, 1.82) is 0 Å². The van der Waals surface area contributed by atoms with E-state index >= 15 is 0 Å². The van der Waals surface area contributed by atoms with Crippen molar-refractivity contribution >= 4 is 11.3 Å². The van der Waals surface area contributed by atoms with Gasteiger partial charge in [0.05, 0.1) is 16.6 Å². The molecule has 0 aliphatic heterocycles. The van der Waals surface area contributed by atoms with Gasteiger partial charge in [0, 0.05) is 23.4 Å². The second-order valence-corrected chi connectivity index (χ2v) is 6.33. The van der Waals surface area contributed by atoms with Gasteiger partial charge in [-0.2, -0.15) is 0 Å². The smallest absolute Gasteiger partial charge is 0.0989 e. The van der Waals surface area contributed by atoms with Gasteiger partial charge in [-0.3, -0.25) is 9.97 Å². The molecule has 2 heterocycles. The van der Waals surface area contributed by atoms with E-state index in [0.717, 1.165) is 10.4 Å². The first-order valence-electron chi connectivity index (χ1n) is 7.29. The molecule has 1 aromatic carbocycles. The number of nitrogens with zero attached hydrogens (tertiary/aromatic N) is 2. The summed E-state index contributed by atoms with van der Waals surface area (Å²) < 4.78 is 0. The Labute approximate surface area is 128 Å². The molecule has 1 radical (unpaired) electrons. The first-order valence-corrected chi connectivity index (χ1v) is 8.16. The summed E-state index contributed by atoms with van der Waals surface area (Å²) in [5.74, 6) is 0.624. The molecule has 1 saturated carbocycles. The summed E-state index contributed by atoms with van der Waals surface area (Å²) in [6.45, 7) is 0.